The Bertz CT molecular complexity index is 602. The van der Waals surface area contributed by atoms with Crippen LogP contribution in [0.1, 0.15) is 18.4 Å². The van der Waals surface area contributed by atoms with E-state index in [1.165, 1.54) is 12.1 Å². The number of aliphatic hydroxyl groups excluding tert-OH is 1. The SMILES string of the molecule is O[C@@H]1CN(Cc2ccc(F)cc2)CC[C@H]1NCCCn1ccnc1. The van der Waals surface area contributed by atoms with E-state index in [0.29, 0.717) is 6.54 Å². The van der Waals surface area contributed by atoms with Gasteiger partial charge in [-0.05, 0) is 37.1 Å². The second-order valence-corrected chi connectivity index (χ2v) is 6.43. The second-order valence-electron chi connectivity index (χ2n) is 6.43. The number of benzene rings is 1. The number of nitrogens with one attached hydrogen (secondary N) is 1. The summed E-state index contributed by atoms with van der Waals surface area (Å²) in [5.41, 5.74) is 1.08. The zero-order chi connectivity index (χ0) is 16.8. The summed E-state index contributed by atoms with van der Waals surface area (Å²) in [4.78, 5) is 6.25. The van der Waals surface area contributed by atoms with Crippen molar-refractivity contribution in [3.8, 4) is 0 Å². The van der Waals surface area contributed by atoms with E-state index in [0.717, 1.165) is 44.6 Å². The van der Waals surface area contributed by atoms with Gasteiger partial charge in [-0.15, -0.1) is 0 Å². The Kier molecular flexibility index (Phi) is 5.96. The predicted octanol–water partition coefficient (Wildman–Crippen LogP) is 1.64. The van der Waals surface area contributed by atoms with Crippen LogP contribution in [0.25, 0.3) is 0 Å². The quantitative estimate of drug-likeness (QED) is 0.757. The average Bonchev–Trinajstić information content (AvgIpc) is 3.09. The molecule has 0 saturated carbocycles. The Labute approximate surface area is 142 Å². The number of halogens is 1. The molecule has 2 heterocycles. The van der Waals surface area contributed by atoms with Gasteiger partial charge < -0.3 is 15.0 Å². The van der Waals surface area contributed by atoms with Gasteiger partial charge in [0.05, 0.1) is 12.4 Å². The highest BCUT2D eigenvalue weighted by Crippen LogP contribution is 2.15. The van der Waals surface area contributed by atoms with Crippen LogP contribution >= 0.6 is 0 Å². The van der Waals surface area contributed by atoms with Gasteiger partial charge in [0.1, 0.15) is 5.82 Å². The van der Waals surface area contributed by atoms with Gasteiger partial charge in [-0.2, -0.15) is 0 Å². The highest BCUT2D eigenvalue weighted by molar-refractivity contribution is 5.16. The Morgan fingerprint density at radius 2 is 2.12 bits per heavy atom. The number of piperidine rings is 1. The van der Waals surface area contributed by atoms with Gasteiger partial charge in [0, 0.05) is 44.6 Å². The van der Waals surface area contributed by atoms with Crippen molar-refractivity contribution in [1.29, 1.82) is 0 Å². The molecule has 0 bridgehead atoms. The first kappa shape index (κ1) is 17.1. The van der Waals surface area contributed by atoms with Crippen molar-refractivity contribution in [2.24, 2.45) is 0 Å². The van der Waals surface area contributed by atoms with Gasteiger partial charge in [0.2, 0.25) is 0 Å². The van der Waals surface area contributed by atoms with E-state index in [9.17, 15) is 9.50 Å². The van der Waals surface area contributed by atoms with E-state index in [1.807, 2.05) is 24.7 Å². The molecule has 0 aliphatic carbocycles. The van der Waals surface area contributed by atoms with Crippen LogP contribution in [-0.4, -0.2) is 51.3 Å². The maximum atomic E-state index is 12.9. The van der Waals surface area contributed by atoms with E-state index in [2.05, 4.69) is 19.8 Å². The summed E-state index contributed by atoms with van der Waals surface area (Å²) in [5.74, 6) is -0.211. The van der Waals surface area contributed by atoms with E-state index in [1.54, 1.807) is 6.20 Å². The molecule has 1 fully saturated rings. The molecule has 1 aliphatic rings. The standard InChI is InChI=1S/C18H25FN4O/c19-16-4-2-15(3-5-16)12-23-10-6-17(18(24)13-23)21-7-1-9-22-11-8-20-14-22/h2-5,8,11,14,17-18,21,24H,1,6-7,9-10,12-13H2/t17-,18-/m1/s1. The summed E-state index contributed by atoms with van der Waals surface area (Å²) in [6.07, 6.45) is 7.14. The lowest BCUT2D eigenvalue weighted by Gasteiger charge is -2.36. The van der Waals surface area contributed by atoms with Crippen LogP contribution in [0.4, 0.5) is 4.39 Å². The molecule has 24 heavy (non-hydrogen) atoms. The third kappa shape index (κ3) is 4.87. The molecule has 0 amide bonds. The minimum absolute atomic E-state index is 0.150. The average molecular weight is 332 g/mol. The Balaban J connectivity index is 1.37. The van der Waals surface area contributed by atoms with Crippen LogP contribution in [0.2, 0.25) is 0 Å². The molecule has 2 atom stereocenters. The van der Waals surface area contributed by atoms with Gasteiger partial charge in [0.25, 0.3) is 0 Å². The number of aromatic nitrogens is 2. The number of rotatable bonds is 7. The fourth-order valence-corrected chi connectivity index (χ4v) is 3.19. The molecule has 0 spiro atoms. The van der Waals surface area contributed by atoms with Crippen molar-refractivity contribution in [2.45, 2.75) is 38.1 Å². The lowest BCUT2D eigenvalue weighted by molar-refractivity contribution is 0.0370. The fourth-order valence-electron chi connectivity index (χ4n) is 3.19. The van der Waals surface area contributed by atoms with Crippen LogP contribution < -0.4 is 5.32 Å². The number of hydrogen-bond acceptors (Lipinski definition) is 4. The fraction of sp³-hybridized carbons (Fsp3) is 0.500. The zero-order valence-corrected chi connectivity index (χ0v) is 13.8. The van der Waals surface area contributed by atoms with Gasteiger partial charge in [-0.1, -0.05) is 12.1 Å². The largest absolute Gasteiger partial charge is 0.390 e. The highest BCUT2D eigenvalue weighted by Gasteiger charge is 2.26. The van der Waals surface area contributed by atoms with E-state index >= 15 is 0 Å². The molecule has 3 rings (SSSR count). The third-order valence-electron chi connectivity index (χ3n) is 4.54. The van der Waals surface area contributed by atoms with Crippen molar-refractivity contribution in [1.82, 2.24) is 19.8 Å². The first-order valence-electron chi connectivity index (χ1n) is 8.55. The van der Waals surface area contributed by atoms with Crippen LogP contribution in [0, 0.1) is 5.82 Å². The molecule has 1 saturated heterocycles. The Morgan fingerprint density at radius 3 is 2.83 bits per heavy atom. The van der Waals surface area contributed by atoms with Gasteiger partial charge in [-0.25, -0.2) is 9.37 Å². The van der Waals surface area contributed by atoms with Gasteiger partial charge in [0.15, 0.2) is 0 Å². The van der Waals surface area contributed by atoms with Crippen molar-refractivity contribution in [3.05, 3.63) is 54.4 Å². The third-order valence-corrected chi connectivity index (χ3v) is 4.54. The maximum Gasteiger partial charge on any atom is 0.123 e. The number of likely N-dealkylation sites (tertiary alicyclic amines) is 1. The van der Waals surface area contributed by atoms with Gasteiger partial charge in [-0.3, -0.25) is 4.90 Å². The molecular weight excluding hydrogens is 307 g/mol. The first-order chi connectivity index (χ1) is 11.7. The predicted molar refractivity (Wildman–Crippen MR) is 90.9 cm³/mol. The smallest absolute Gasteiger partial charge is 0.123 e. The summed E-state index contributed by atoms with van der Waals surface area (Å²) in [5, 5.41) is 13.8. The number of imidazole rings is 1. The summed E-state index contributed by atoms with van der Waals surface area (Å²) in [6, 6.07) is 6.74. The minimum Gasteiger partial charge on any atom is -0.390 e. The molecule has 2 aromatic rings. The molecule has 1 aromatic heterocycles. The second kappa shape index (κ2) is 8.37. The van der Waals surface area contributed by atoms with Crippen molar-refractivity contribution >= 4 is 0 Å². The van der Waals surface area contributed by atoms with E-state index in [-0.39, 0.29) is 18.0 Å². The molecular formula is C18H25FN4O. The molecule has 0 unspecified atom stereocenters. The maximum absolute atomic E-state index is 12.9. The van der Waals surface area contributed by atoms with Crippen LogP contribution in [0.3, 0.4) is 0 Å². The first-order valence-corrected chi connectivity index (χ1v) is 8.55. The number of β-amino-alcohol motifs (C(OH)–C–C–N with tert-alkyl or cyclic N) is 1. The van der Waals surface area contributed by atoms with Crippen LogP contribution in [0.15, 0.2) is 43.0 Å². The molecule has 1 aromatic carbocycles. The van der Waals surface area contributed by atoms with Crippen LogP contribution in [-0.2, 0) is 13.1 Å². The summed E-state index contributed by atoms with van der Waals surface area (Å²) in [7, 11) is 0. The number of aryl methyl sites for hydroxylation is 1. The number of nitrogens with zero attached hydrogens (tertiary/aromatic N) is 3. The molecule has 2 N–H and O–H groups in total. The van der Waals surface area contributed by atoms with Crippen LogP contribution in [0.5, 0.6) is 0 Å². The topological polar surface area (TPSA) is 53.3 Å². The van der Waals surface area contributed by atoms with Crippen molar-refractivity contribution < 1.29 is 9.50 Å². The lowest BCUT2D eigenvalue weighted by Crippen LogP contribution is -2.52. The summed E-state index contributed by atoms with van der Waals surface area (Å²) < 4.78 is 15.0. The monoisotopic (exact) mass is 332 g/mol. The van der Waals surface area contributed by atoms with Gasteiger partial charge >= 0.3 is 0 Å². The number of hydrogen-bond donors (Lipinski definition) is 2. The Morgan fingerprint density at radius 1 is 1.29 bits per heavy atom. The molecule has 6 heteroatoms. The molecule has 5 nitrogen and oxygen atoms in total. The molecule has 130 valence electrons. The Hall–Kier alpha value is -1.76. The lowest BCUT2D eigenvalue weighted by atomic mass is 10.0. The van der Waals surface area contributed by atoms with Crippen molar-refractivity contribution in [2.75, 3.05) is 19.6 Å². The summed E-state index contributed by atoms with van der Waals surface area (Å²) >= 11 is 0. The van der Waals surface area contributed by atoms with E-state index < -0.39 is 0 Å². The molecule has 1 aliphatic heterocycles. The minimum atomic E-state index is -0.368. The normalized spacial score (nSPS) is 21.9. The molecule has 0 radical (unpaired) electrons. The summed E-state index contributed by atoms with van der Waals surface area (Å²) in [6.45, 7) is 4.17. The zero-order valence-electron chi connectivity index (χ0n) is 13.8. The number of aliphatic hydroxyl groups is 1. The highest BCUT2D eigenvalue weighted by atomic mass is 19.1. The van der Waals surface area contributed by atoms with Crippen molar-refractivity contribution in [3.63, 3.8) is 0 Å². The van der Waals surface area contributed by atoms with E-state index in [4.69, 9.17) is 0 Å².